The highest BCUT2D eigenvalue weighted by Gasteiger charge is 2.44. The minimum atomic E-state index is -1.96. The summed E-state index contributed by atoms with van der Waals surface area (Å²) in [5, 5.41) is 90.1. The average Bonchev–Trinajstić information content (AvgIpc) is 3.08. The van der Waals surface area contributed by atoms with Crippen molar-refractivity contribution in [1.82, 2.24) is 10.6 Å². The standard InChI is InChI=1S/C20H30N2O5.C12H22O11/c1-20(2,3)10-11-21-15(13-17(23)24)18(25)22-16(19(26)27-4)12-14-8-6-5-7-9-14;13-1-4(15)7(17)8(18)5(16)3-22-12-11(21)10(20)9(19)6(2-14)23-12/h5-9,15-16,21H,10-13H2,1-4H3,(H,22,25)(H,23,24);1,4-12,14-21H,2-3H2/t15-,16-;4-,5+,6+,7+,8+,9+,10-,11+,12-/m00/s1. The third-order valence-corrected chi connectivity index (χ3v) is 7.56. The van der Waals surface area contributed by atoms with Crippen molar-refractivity contribution >= 4 is 24.1 Å². The lowest BCUT2D eigenvalue weighted by Crippen LogP contribution is -2.59. The minimum absolute atomic E-state index is 0.0287. The van der Waals surface area contributed by atoms with Crippen molar-refractivity contribution in [2.75, 3.05) is 26.9 Å². The molecule has 1 aromatic rings. The fraction of sp³-hybridized carbons (Fsp3) is 0.688. The summed E-state index contributed by atoms with van der Waals surface area (Å²) < 4.78 is 14.7. The number of ether oxygens (including phenoxy) is 3. The molecule has 1 aliphatic heterocycles. The third-order valence-electron chi connectivity index (χ3n) is 7.56. The molecule has 1 aliphatic rings. The second kappa shape index (κ2) is 21.9. The number of hydrogen-bond acceptors (Lipinski definition) is 16. The van der Waals surface area contributed by atoms with Crippen LogP contribution >= 0.6 is 0 Å². The Morgan fingerprint density at radius 1 is 0.960 bits per heavy atom. The van der Waals surface area contributed by atoms with Crippen molar-refractivity contribution in [3.63, 3.8) is 0 Å². The van der Waals surface area contributed by atoms with E-state index in [4.69, 9.17) is 29.5 Å². The van der Waals surface area contributed by atoms with E-state index in [9.17, 15) is 49.8 Å². The van der Waals surface area contributed by atoms with Gasteiger partial charge in [0.05, 0.1) is 32.8 Å². The molecule has 11 N–H and O–H groups in total. The monoisotopic (exact) mass is 720 g/mol. The first kappa shape index (κ1) is 44.9. The van der Waals surface area contributed by atoms with E-state index in [1.54, 1.807) is 0 Å². The molecule has 50 heavy (non-hydrogen) atoms. The van der Waals surface area contributed by atoms with Crippen molar-refractivity contribution in [2.24, 2.45) is 5.41 Å². The summed E-state index contributed by atoms with van der Waals surface area (Å²) in [6.45, 7) is 5.32. The fourth-order valence-corrected chi connectivity index (χ4v) is 4.52. The molecule has 0 aromatic heterocycles. The minimum Gasteiger partial charge on any atom is -0.481 e. The number of rotatable bonds is 18. The summed E-state index contributed by atoms with van der Waals surface area (Å²) >= 11 is 0. The molecular weight excluding hydrogens is 668 g/mol. The summed E-state index contributed by atoms with van der Waals surface area (Å²) in [4.78, 5) is 46.1. The topological polar surface area (TPSA) is 302 Å². The molecule has 0 bridgehead atoms. The van der Waals surface area contributed by atoms with E-state index in [1.165, 1.54) is 7.11 Å². The molecule has 11 atom stereocenters. The van der Waals surface area contributed by atoms with E-state index in [2.05, 4.69) is 31.4 Å². The largest absolute Gasteiger partial charge is 0.481 e. The zero-order valence-corrected chi connectivity index (χ0v) is 28.4. The number of aldehydes is 1. The molecule has 286 valence electrons. The number of carbonyl (C=O) groups excluding carboxylic acids is 3. The molecule has 0 radical (unpaired) electrons. The Morgan fingerprint density at radius 3 is 2.10 bits per heavy atom. The molecule has 1 amide bonds. The number of carboxylic acids is 1. The van der Waals surface area contributed by atoms with Crippen LogP contribution < -0.4 is 10.6 Å². The first-order chi connectivity index (χ1) is 23.4. The molecule has 0 spiro atoms. The summed E-state index contributed by atoms with van der Waals surface area (Å²) in [6, 6.07) is 7.42. The second-order valence-corrected chi connectivity index (χ2v) is 12.9. The van der Waals surface area contributed by atoms with Crippen LogP contribution in [0.2, 0.25) is 0 Å². The molecule has 1 aromatic carbocycles. The predicted octanol–water partition coefficient (Wildman–Crippen LogP) is -3.80. The smallest absolute Gasteiger partial charge is 0.328 e. The lowest BCUT2D eigenvalue weighted by Gasteiger charge is -2.40. The molecule has 1 heterocycles. The molecule has 18 heteroatoms. The van der Waals surface area contributed by atoms with Crippen molar-refractivity contribution in [1.29, 1.82) is 0 Å². The van der Waals surface area contributed by atoms with Gasteiger partial charge < -0.3 is 75.6 Å². The number of aliphatic hydroxyl groups is 8. The SMILES string of the molecule is COC(=O)[C@H](Cc1ccccc1)NC(=O)[C@H](CC(=O)O)NCCC(C)(C)C.O=C[C@H](O)[C@@H](O)[C@H](O)[C@H](O)CO[C@H]1O[C@H](CO)[C@@H](O)[C@H](O)[C@H]1O. The zero-order valence-electron chi connectivity index (χ0n) is 28.4. The highest BCUT2D eigenvalue weighted by atomic mass is 16.7. The number of amides is 1. The van der Waals surface area contributed by atoms with Crippen LogP contribution in [0.3, 0.4) is 0 Å². The van der Waals surface area contributed by atoms with Gasteiger partial charge in [0.15, 0.2) is 12.6 Å². The third kappa shape index (κ3) is 15.4. The highest BCUT2D eigenvalue weighted by molar-refractivity contribution is 5.90. The fourth-order valence-electron chi connectivity index (χ4n) is 4.52. The maximum absolute atomic E-state index is 12.6. The number of aliphatic hydroxyl groups excluding tert-OH is 8. The average molecular weight is 721 g/mol. The zero-order chi connectivity index (χ0) is 38.2. The predicted molar refractivity (Wildman–Crippen MR) is 172 cm³/mol. The van der Waals surface area contributed by atoms with Crippen LogP contribution in [-0.2, 0) is 39.8 Å². The van der Waals surface area contributed by atoms with Gasteiger partial charge in [-0.05, 0) is 23.9 Å². The van der Waals surface area contributed by atoms with Crippen molar-refractivity contribution in [2.45, 2.75) is 107 Å². The summed E-state index contributed by atoms with van der Waals surface area (Å²) in [5.41, 5.74) is 0.919. The van der Waals surface area contributed by atoms with Gasteiger partial charge in [0.2, 0.25) is 5.91 Å². The Balaban J connectivity index is 0.000000506. The Labute approximate surface area is 289 Å². The van der Waals surface area contributed by atoms with E-state index in [-0.39, 0.29) is 24.5 Å². The Hall–Kier alpha value is -3.14. The van der Waals surface area contributed by atoms with E-state index in [0.717, 1.165) is 12.0 Å². The van der Waals surface area contributed by atoms with Crippen molar-refractivity contribution in [3.8, 4) is 0 Å². The number of methoxy groups -OCH3 is 1. The second-order valence-electron chi connectivity index (χ2n) is 12.9. The molecule has 0 saturated carbocycles. The van der Waals surface area contributed by atoms with Crippen LogP contribution in [0.25, 0.3) is 0 Å². The maximum Gasteiger partial charge on any atom is 0.328 e. The lowest BCUT2D eigenvalue weighted by molar-refractivity contribution is -0.306. The van der Waals surface area contributed by atoms with Crippen LogP contribution in [0, 0.1) is 5.41 Å². The van der Waals surface area contributed by atoms with Gasteiger partial charge in [-0.15, -0.1) is 0 Å². The number of nitrogens with one attached hydrogen (secondary N) is 2. The van der Waals surface area contributed by atoms with Crippen molar-refractivity contribution in [3.05, 3.63) is 35.9 Å². The lowest BCUT2D eigenvalue weighted by atomic mass is 9.92. The van der Waals surface area contributed by atoms with E-state index >= 15 is 0 Å². The van der Waals surface area contributed by atoms with Gasteiger partial charge >= 0.3 is 11.9 Å². The van der Waals surface area contributed by atoms with Crippen LogP contribution in [-0.4, -0.2) is 164 Å². The number of hydrogen-bond donors (Lipinski definition) is 11. The number of benzene rings is 1. The van der Waals surface area contributed by atoms with Gasteiger partial charge in [-0.2, -0.15) is 0 Å². The molecule has 1 fully saturated rings. The van der Waals surface area contributed by atoms with Gasteiger partial charge in [-0.25, -0.2) is 4.79 Å². The maximum atomic E-state index is 12.6. The Kier molecular flexibility index (Phi) is 19.7. The Morgan fingerprint density at radius 2 is 1.58 bits per heavy atom. The summed E-state index contributed by atoms with van der Waals surface area (Å²) in [7, 11) is 1.25. The van der Waals surface area contributed by atoms with Gasteiger partial charge in [0.1, 0.15) is 54.9 Å². The molecule has 0 aliphatic carbocycles. The molecule has 2 rings (SSSR count). The van der Waals surface area contributed by atoms with Gasteiger partial charge in [0.25, 0.3) is 0 Å². The number of carboxylic acid groups (broad SMARTS) is 1. The van der Waals surface area contributed by atoms with Crippen molar-refractivity contribution < 1.29 is 79.3 Å². The van der Waals surface area contributed by atoms with Gasteiger partial charge in [0, 0.05) is 6.42 Å². The normalized spacial score (nSPS) is 24.3. The van der Waals surface area contributed by atoms with Crippen LogP contribution in [0.1, 0.15) is 39.2 Å². The molecule has 0 unspecified atom stereocenters. The van der Waals surface area contributed by atoms with Crippen LogP contribution in [0.15, 0.2) is 30.3 Å². The number of aliphatic carboxylic acids is 1. The highest BCUT2D eigenvalue weighted by Crippen LogP contribution is 2.22. The van der Waals surface area contributed by atoms with E-state index < -0.39 is 98.3 Å². The first-order valence-corrected chi connectivity index (χ1v) is 15.8. The molecular formula is C32H52N2O16. The quantitative estimate of drug-likeness (QED) is 0.0512. The van der Waals surface area contributed by atoms with Gasteiger partial charge in [-0.1, -0.05) is 51.1 Å². The van der Waals surface area contributed by atoms with E-state index in [0.29, 0.717) is 6.54 Å². The van der Waals surface area contributed by atoms with Crippen LogP contribution in [0.5, 0.6) is 0 Å². The summed E-state index contributed by atoms with van der Waals surface area (Å²) in [6.07, 6.45) is -14.6. The Bertz CT molecular complexity index is 1170. The number of carbonyl (C=O) groups is 4. The number of esters is 1. The molecule has 1 saturated heterocycles. The summed E-state index contributed by atoms with van der Waals surface area (Å²) in [5.74, 6) is -2.19. The van der Waals surface area contributed by atoms with E-state index in [1.807, 2.05) is 30.3 Å². The van der Waals surface area contributed by atoms with Crippen LogP contribution in [0.4, 0.5) is 0 Å². The first-order valence-electron chi connectivity index (χ1n) is 15.8. The van der Waals surface area contributed by atoms with Gasteiger partial charge in [-0.3, -0.25) is 9.59 Å². The molecule has 18 nitrogen and oxygen atoms in total.